The van der Waals surface area contributed by atoms with Crippen molar-refractivity contribution in [2.45, 2.75) is 71.0 Å². The quantitative estimate of drug-likeness (QED) is 0.312. The van der Waals surface area contributed by atoms with Crippen LogP contribution in [0.5, 0.6) is 0 Å². The molecule has 0 radical (unpaired) electrons. The molecule has 0 bridgehead atoms. The third-order valence-electron chi connectivity index (χ3n) is 6.51. The summed E-state index contributed by atoms with van der Waals surface area (Å²) in [7, 11) is 1.80. The van der Waals surface area contributed by atoms with Gasteiger partial charge in [0.1, 0.15) is 5.82 Å². The van der Waals surface area contributed by atoms with Crippen molar-refractivity contribution in [3.8, 4) is 0 Å². The zero-order valence-electron chi connectivity index (χ0n) is 18.8. The summed E-state index contributed by atoms with van der Waals surface area (Å²) in [6, 6.07) is 6.79. The second kappa shape index (κ2) is 12.7. The Morgan fingerprint density at radius 2 is 1.80 bits per heavy atom. The number of benzene rings is 1. The molecule has 1 aliphatic heterocycles. The van der Waals surface area contributed by atoms with Gasteiger partial charge >= 0.3 is 0 Å². The van der Waals surface area contributed by atoms with E-state index in [-0.39, 0.29) is 29.8 Å². The molecule has 0 amide bonds. The van der Waals surface area contributed by atoms with E-state index >= 15 is 0 Å². The van der Waals surface area contributed by atoms with Crippen LogP contribution < -0.4 is 15.5 Å². The highest BCUT2D eigenvalue weighted by Crippen LogP contribution is 2.26. The number of anilines is 1. The maximum absolute atomic E-state index is 14.5. The van der Waals surface area contributed by atoms with E-state index in [4.69, 9.17) is 0 Å². The molecule has 2 fully saturated rings. The van der Waals surface area contributed by atoms with Crippen LogP contribution in [0, 0.1) is 5.82 Å². The van der Waals surface area contributed by atoms with Gasteiger partial charge in [-0.05, 0) is 57.2 Å². The molecule has 0 unspecified atom stereocenters. The van der Waals surface area contributed by atoms with Crippen LogP contribution in [0.4, 0.5) is 10.1 Å². The van der Waals surface area contributed by atoms with Crippen molar-refractivity contribution in [2.75, 3.05) is 38.1 Å². The predicted molar refractivity (Wildman–Crippen MR) is 136 cm³/mol. The third kappa shape index (κ3) is 6.70. The number of hydrogen-bond donors (Lipinski definition) is 2. The first-order valence-corrected chi connectivity index (χ1v) is 11.4. The first-order valence-electron chi connectivity index (χ1n) is 11.4. The molecule has 0 aromatic heterocycles. The number of guanidine groups is 1. The van der Waals surface area contributed by atoms with Gasteiger partial charge in [-0.1, -0.05) is 18.9 Å². The molecule has 3 rings (SSSR count). The Hall–Kier alpha value is -1.09. The molecule has 2 aliphatic rings. The molecular weight excluding hydrogens is 492 g/mol. The smallest absolute Gasteiger partial charge is 0.191 e. The van der Waals surface area contributed by atoms with Gasteiger partial charge in [-0.25, -0.2) is 4.39 Å². The highest BCUT2D eigenvalue weighted by Gasteiger charge is 2.27. The number of piperidine rings is 1. The van der Waals surface area contributed by atoms with Gasteiger partial charge in [0.15, 0.2) is 5.96 Å². The molecule has 1 saturated heterocycles. The van der Waals surface area contributed by atoms with E-state index in [9.17, 15) is 4.39 Å². The van der Waals surface area contributed by atoms with Crippen molar-refractivity contribution in [2.24, 2.45) is 4.99 Å². The number of likely N-dealkylation sites (tertiary alicyclic amines) is 1. The second-order valence-corrected chi connectivity index (χ2v) is 8.28. The summed E-state index contributed by atoms with van der Waals surface area (Å²) in [5.41, 5.74) is 1.60. The first-order chi connectivity index (χ1) is 14.1. The summed E-state index contributed by atoms with van der Waals surface area (Å²) in [4.78, 5) is 9.08. The summed E-state index contributed by atoms with van der Waals surface area (Å²) >= 11 is 0. The molecule has 30 heavy (non-hydrogen) atoms. The van der Waals surface area contributed by atoms with Gasteiger partial charge in [0.2, 0.25) is 0 Å². The standard InChI is InChI=1S/C23H38FN5.HI/c1-4-28(5-2)22-11-10-18(16-21(22)24)17-26-23(25-3)27-19-12-14-29(15-13-19)20-8-6-7-9-20;/h10-11,16,19-20H,4-9,12-15,17H2,1-3H3,(H2,25,26,27);1H. The van der Waals surface area contributed by atoms with E-state index < -0.39 is 0 Å². The molecule has 1 aliphatic carbocycles. The second-order valence-electron chi connectivity index (χ2n) is 8.28. The number of aliphatic imine (C=N–C) groups is 1. The van der Waals surface area contributed by atoms with E-state index in [1.54, 1.807) is 13.1 Å². The van der Waals surface area contributed by atoms with Crippen LogP contribution >= 0.6 is 24.0 Å². The average Bonchev–Trinajstić information content (AvgIpc) is 3.28. The number of nitrogens with zero attached hydrogens (tertiary/aromatic N) is 3. The van der Waals surface area contributed by atoms with Gasteiger partial charge in [-0.15, -0.1) is 24.0 Å². The van der Waals surface area contributed by atoms with Gasteiger partial charge < -0.3 is 20.4 Å². The molecule has 2 N–H and O–H groups in total. The molecule has 170 valence electrons. The van der Waals surface area contributed by atoms with Crippen molar-refractivity contribution < 1.29 is 4.39 Å². The number of halogens is 2. The van der Waals surface area contributed by atoms with Crippen LogP contribution in [-0.2, 0) is 6.54 Å². The average molecular weight is 532 g/mol. The van der Waals surface area contributed by atoms with Gasteiger partial charge in [0, 0.05) is 51.9 Å². The number of nitrogens with one attached hydrogen (secondary N) is 2. The molecule has 5 nitrogen and oxygen atoms in total. The largest absolute Gasteiger partial charge is 0.370 e. The molecule has 1 heterocycles. The Balaban J connectivity index is 0.00000320. The summed E-state index contributed by atoms with van der Waals surface area (Å²) in [6.45, 7) is 8.63. The fourth-order valence-electron chi connectivity index (χ4n) is 4.73. The summed E-state index contributed by atoms with van der Waals surface area (Å²) < 4.78 is 14.5. The molecular formula is C23H39FIN5. The normalized spacial score (nSPS) is 18.9. The maximum atomic E-state index is 14.5. The van der Waals surface area contributed by atoms with Gasteiger partial charge in [-0.3, -0.25) is 4.99 Å². The molecule has 1 saturated carbocycles. The Bertz CT molecular complexity index is 666. The lowest BCUT2D eigenvalue weighted by Crippen LogP contribution is -2.50. The fraction of sp³-hybridized carbons (Fsp3) is 0.696. The summed E-state index contributed by atoms with van der Waals surface area (Å²) in [6.07, 6.45) is 7.87. The monoisotopic (exact) mass is 531 g/mol. The Morgan fingerprint density at radius 1 is 1.13 bits per heavy atom. The molecule has 0 atom stereocenters. The van der Waals surface area contributed by atoms with Crippen molar-refractivity contribution in [1.29, 1.82) is 0 Å². The predicted octanol–water partition coefficient (Wildman–Crippen LogP) is 4.36. The Kier molecular flexibility index (Phi) is 10.6. The van der Waals surface area contributed by atoms with Crippen LogP contribution in [0.3, 0.4) is 0 Å². The minimum Gasteiger partial charge on any atom is -0.370 e. The SMILES string of the molecule is CCN(CC)c1ccc(CNC(=NC)NC2CCN(C3CCCC3)CC2)cc1F.I. The zero-order chi connectivity index (χ0) is 20.6. The highest BCUT2D eigenvalue weighted by molar-refractivity contribution is 14.0. The van der Waals surface area contributed by atoms with Crippen molar-refractivity contribution in [1.82, 2.24) is 15.5 Å². The van der Waals surface area contributed by atoms with E-state index in [1.165, 1.54) is 38.8 Å². The third-order valence-corrected chi connectivity index (χ3v) is 6.51. The van der Waals surface area contributed by atoms with E-state index in [1.807, 2.05) is 30.9 Å². The van der Waals surface area contributed by atoms with Crippen molar-refractivity contribution in [3.05, 3.63) is 29.6 Å². The maximum Gasteiger partial charge on any atom is 0.191 e. The Morgan fingerprint density at radius 3 is 2.37 bits per heavy atom. The lowest BCUT2D eigenvalue weighted by Gasteiger charge is -2.36. The summed E-state index contributed by atoms with van der Waals surface area (Å²) in [5.74, 6) is 0.646. The Labute approximate surface area is 198 Å². The highest BCUT2D eigenvalue weighted by atomic mass is 127. The minimum atomic E-state index is -0.157. The van der Waals surface area contributed by atoms with Gasteiger partial charge in [-0.2, -0.15) is 0 Å². The minimum absolute atomic E-state index is 0. The van der Waals surface area contributed by atoms with E-state index in [2.05, 4.69) is 20.5 Å². The van der Waals surface area contributed by atoms with Gasteiger partial charge in [0.25, 0.3) is 0 Å². The molecule has 1 aromatic rings. The van der Waals surface area contributed by atoms with E-state index in [0.717, 1.165) is 43.5 Å². The molecule has 1 aromatic carbocycles. The van der Waals surface area contributed by atoms with Crippen LogP contribution in [0.15, 0.2) is 23.2 Å². The topological polar surface area (TPSA) is 42.9 Å². The lowest BCUT2D eigenvalue weighted by molar-refractivity contribution is 0.150. The molecule has 0 spiro atoms. The lowest BCUT2D eigenvalue weighted by atomic mass is 10.0. The van der Waals surface area contributed by atoms with Crippen LogP contribution in [-0.4, -0.2) is 56.2 Å². The zero-order valence-corrected chi connectivity index (χ0v) is 21.1. The number of hydrogen-bond acceptors (Lipinski definition) is 3. The first kappa shape index (κ1) is 25.2. The summed E-state index contributed by atoms with van der Waals surface area (Å²) in [5, 5.41) is 6.91. The van der Waals surface area contributed by atoms with Crippen LogP contribution in [0.1, 0.15) is 57.9 Å². The number of rotatable bonds is 7. The van der Waals surface area contributed by atoms with Crippen LogP contribution in [0.25, 0.3) is 0 Å². The van der Waals surface area contributed by atoms with Crippen molar-refractivity contribution in [3.63, 3.8) is 0 Å². The van der Waals surface area contributed by atoms with Gasteiger partial charge in [0.05, 0.1) is 5.69 Å². The fourth-order valence-corrected chi connectivity index (χ4v) is 4.73. The van der Waals surface area contributed by atoms with Crippen LogP contribution in [0.2, 0.25) is 0 Å². The van der Waals surface area contributed by atoms with E-state index in [0.29, 0.717) is 18.3 Å². The van der Waals surface area contributed by atoms with Crippen molar-refractivity contribution >= 4 is 35.6 Å². The molecule has 7 heteroatoms.